The van der Waals surface area contributed by atoms with Crippen LogP contribution in [0.25, 0.3) is 0 Å². The van der Waals surface area contributed by atoms with Gasteiger partial charge in [-0.05, 0) is 37.8 Å². The van der Waals surface area contributed by atoms with Crippen LogP contribution in [0.1, 0.15) is 54.5 Å². The fourth-order valence-corrected chi connectivity index (χ4v) is 3.57. The highest BCUT2D eigenvalue weighted by atomic mass is 19.3. The first kappa shape index (κ1) is 14.6. The molecule has 2 aliphatic rings. The summed E-state index contributed by atoms with van der Waals surface area (Å²) in [7, 11) is 0. The van der Waals surface area contributed by atoms with Gasteiger partial charge in [0, 0.05) is 23.6 Å². The van der Waals surface area contributed by atoms with Crippen LogP contribution >= 0.6 is 0 Å². The lowest BCUT2D eigenvalue weighted by Crippen LogP contribution is -2.50. The first-order valence-corrected chi connectivity index (χ1v) is 7.42. The number of fused-ring (bicyclic) bond motifs is 2. The highest BCUT2D eigenvalue weighted by Crippen LogP contribution is 2.32. The number of ketones is 1. The van der Waals surface area contributed by atoms with E-state index in [2.05, 4.69) is 5.32 Å². The maximum atomic E-state index is 13.6. The van der Waals surface area contributed by atoms with E-state index in [-0.39, 0.29) is 17.3 Å². The molecule has 2 saturated heterocycles. The second-order valence-electron chi connectivity index (χ2n) is 6.06. The van der Waals surface area contributed by atoms with Crippen LogP contribution in [-0.2, 0) is 0 Å². The van der Waals surface area contributed by atoms with Gasteiger partial charge in [0.05, 0.1) is 5.56 Å². The summed E-state index contributed by atoms with van der Waals surface area (Å²) in [5, 5.41) is 3.50. The summed E-state index contributed by atoms with van der Waals surface area (Å²) in [5.41, 5.74) is -0.435. The van der Waals surface area contributed by atoms with Gasteiger partial charge in [0.2, 0.25) is 0 Å². The van der Waals surface area contributed by atoms with Crippen LogP contribution in [-0.4, -0.2) is 17.9 Å². The summed E-state index contributed by atoms with van der Waals surface area (Å²) in [5.74, 6) is -1.24. The highest BCUT2D eigenvalue weighted by molar-refractivity contribution is 5.98. The molecule has 2 atom stereocenters. The maximum absolute atomic E-state index is 13.6. The lowest BCUT2D eigenvalue weighted by Gasteiger charge is -2.39. The van der Waals surface area contributed by atoms with Gasteiger partial charge in [-0.2, -0.15) is 0 Å². The molecule has 0 spiro atoms. The Morgan fingerprint density at radius 1 is 1.19 bits per heavy atom. The molecule has 21 heavy (non-hydrogen) atoms. The zero-order valence-corrected chi connectivity index (χ0v) is 11.6. The largest absolute Gasteiger partial charge is 0.311 e. The molecular formula is C16H18F3NO. The molecule has 5 heteroatoms. The van der Waals surface area contributed by atoms with E-state index in [1.165, 1.54) is 12.5 Å². The predicted molar refractivity (Wildman–Crippen MR) is 73.0 cm³/mol. The van der Waals surface area contributed by atoms with Crippen molar-refractivity contribution in [2.75, 3.05) is 0 Å². The van der Waals surface area contributed by atoms with Crippen molar-refractivity contribution in [2.24, 2.45) is 5.92 Å². The SMILES string of the molecule is O=C(c1ccc(C(F)F)c(F)c1)C1CC2CCCC(C1)N2. The number of carbonyl (C=O) groups is 1. The quantitative estimate of drug-likeness (QED) is 0.858. The van der Waals surface area contributed by atoms with E-state index < -0.39 is 17.8 Å². The van der Waals surface area contributed by atoms with E-state index in [4.69, 9.17) is 0 Å². The van der Waals surface area contributed by atoms with Gasteiger partial charge >= 0.3 is 0 Å². The number of halogens is 3. The summed E-state index contributed by atoms with van der Waals surface area (Å²) in [6.45, 7) is 0. The second-order valence-corrected chi connectivity index (χ2v) is 6.06. The molecule has 0 radical (unpaired) electrons. The van der Waals surface area contributed by atoms with E-state index in [0.717, 1.165) is 37.8 Å². The lowest BCUT2D eigenvalue weighted by atomic mass is 9.77. The predicted octanol–water partition coefficient (Wildman–Crippen LogP) is 3.87. The summed E-state index contributed by atoms with van der Waals surface area (Å²) in [4.78, 5) is 12.5. The smallest absolute Gasteiger partial charge is 0.266 e. The number of nitrogens with one attached hydrogen (secondary N) is 1. The van der Waals surface area contributed by atoms with E-state index in [0.29, 0.717) is 12.1 Å². The standard InChI is InChI=1S/C16H18F3NO/c17-14-8-9(4-5-13(14)16(18)19)15(21)10-6-11-2-1-3-12(7-10)20-11/h4-5,8,10-12,16,20H,1-3,6-7H2. The van der Waals surface area contributed by atoms with Crippen molar-refractivity contribution in [2.45, 2.75) is 50.6 Å². The van der Waals surface area contributed by atoms with E-state index >= 15 is 0 Å². The number of hydrogen-bond donors (Lipinski definition) is 1. The van der Waals surface area contributed by atoms with E-state index in [1.807, 2.05) is 0 Å². The van der Waals surface area contributed by atoms with Crippen LogP contribution in [0.4, 0.5) is 13.2 Å². The van der Waals surface area contributed by atoms with Crippen molar-refractivity contribution in [1.82, 2.24) is 5.32 Å². The molecule has 2 unspecified atom stereocenters. The Bertz CT molecular complexity index is 534. The summed E-state index contributed by atoms with van der Waals surface area (Å²) in [6.07, 6.45) is 1.98. The fraction of sp³-hybridized carbons (Fsp3) is 0.562. The summed E-state index contributed by atoms with van der Waals surface area (Å²) >= 11 is 0. The second kappa shape index (κ2) is 5.79. The number of alkyl halides is 2. The fourth-order valence-electron chi connectivity index (χ4n) is 3.57. The molecule has 1 aromatic rings. The Balaban J connectivity index is 1.77. The summed E-state index contributed by atoms with van der Waals surface area (Å²) in [6, 6.07) is 4.02. The number of Topliss-reactive ketones (excluding diaryl/α,β-unsaturated/α-hetero) is 1. The lowest BCUT2D eigenvalue weighted by molar-refractivity contribution is 0.0824. The zero-order valence-electron chi connectivity index (χ0n) is 11.6. The molecule has 0 aromatic heterocycles. The van der Waals surface area contributed by atoms with Crippen LogP contribution in [0, 0.1) is 11.7 Å². The molecule has 1 aromatic carbocycles. The van der Waals surface area contributed by atoms with Crippen LogP contribution in [0.5, 0.6) is 0 Å². The Hall–Kier alpha value is -1.36. The van der Waals surface area contributed by atoms with Gasteiger partial charge in [-0.1, -0.05) is 12.5 Å². The van der Waals surface area contributed by atoms with Gasteiger partial charge in [0.25, 0.3) is 6.43 Å². The van der Waals surface area contributed by atoms with E-state index in [1.54, 1.807) is 0 Å². The molecule has 2 nitrogen and oxygen atoms in total. The highest BCUT2D eigenvalue weighted by Gasteiger charge is 2.35. The molecule has 2 heterocycles. The molecule has 3 rings (SSSR count). The third-order valence-electron chi connectivity index (χ3n) is 4.61. The zero-order chi connectivity index (χ0) is 15.0. The van der Waals surface area contributed by atoms with Crippen molar-refractivity contribution in [3.63, 3.8) is 0 Å². The van der Waals surface area contributed by atoms with Gasteiger partial charge in [-0.3, -0.25) is 4.79 Å². The number of hydrogen-bond acceptors (Lipinski definition) is 2. The van der Waals surface area contributed by atoms with Crippen LogP contribution in [0.15, 0.2) is 18.2 Å². The van der Waals surface area contributed by atoms with Gasteiger partial charge in [0.1, 0.15) is 5.82 Å². The third-order valence-corrected chi connectivity index (χ3v) is 4.61. The minimum atomic E-state index is -2.85. The van der Waals surface area contributed by atoms with Crippen molar-refractivity contribution >= 4 is 5.78 Å². The Morgan fingerprint density at radius 3 is 2.43 bits per heavy atom. The Morgan fingerprint density at radius 2 is 1.86 bits per heavy atom. The molecule has 0 aliphatic carbocycles. The molecule has 114 valence electrons. The van der Waals surface area contributed by atoms with Gasteiger partial charge in [-0.25, -0.2) is 13.2 Å². The van der Waals surface area contributed by atoms with Crippen molar-refractivity contribution in [3.8, 4) is 0 Å². The van der Waals surface area contributed by atoms with Crippen LogP contribution < -0.4 is 5.32 Å². The molecule has 2 bridgehead atoms. The number of rotatable bonds is 3. The Labute approximate surface area is 121 Å². The summed E-state index contributed by atoms with van der Waals surface area (Å²) < 4.78 is 38.7. The average molecular weight is 297 g/mol. The van der Waals surface area contributed by atoms with Crippen molar-refractivity contribution < 1.29 is 18.0 Å². The van der Waals surface area contributed by atoms with Crippen LogP contribution in [0.3, 0.4) is 0 Å². The minimum absolute atomic E-state index is 0.117. The number of carbonyl (C=O) groups excluding carboxylic acids is 1. The molecule has 0 saturated carbocycles. The Kier molecular flexibility index (Phi) is 4.02. The molecule has 2 fully saturated rings. The average Bonchev–Trinajstić information content (AvgIpc) is 2.45. The third kappa shape index (κ3) is 2.98. The normalized spacial score (nSPS) is 28.7. The molecule has 0 amide bonds. The first-order valence-electron chi connectivity index (χ1n) is 7.42. The van der Waals surface area contributed by atoms with Crippen LogP contribution in [0.2, 0.25) is 0 Å². The van der Waals surface area contributed by atoms with Crippen molar-refractivity contribution in [1.29, 1.82) is 0 Å². The number of piperidine rings is 2. The molecule has 2 aliphatic heterocycles. The minimum Gasteiger partial charge on any atom is -0.311 e. The first-order chi connectivity index (χ1) is 10.0. The monoisotopic (exact) mass is 297 g/mol. The molecular weight excluding hydrogens is 279 g/mol. The van der Waals surface area contributed by atoms with Gasteiger partial charge in [-0.15, -0.1) is 0 Å². The maximum Gasteiger partial charge on any atom is 0.266 e. The number of benzene rings is 1. The van der Waals surface area contributed by atoms with Crippen molar-refractivity contribution in [3.05, 3.63) is 35.1 Å². The molecule has 1 N–H and O–H groups in total. The van der Waals surface area contributed by atoms with Gasteiger partial charge in [0.15, 0.2) is 5.78 Å². The van der Waals surface area contributed by atoms with Gasteiger partial charge < -0.3 is 5.32 Å². The topological polar surface area (TPSA) is 29.1 Å². The van der Waals surface area contributed by atoms with E-state index in [9.17, 15) is 18.0 Å².